The number of benzene rings is 2. The maximum atomic E-state index is 15.4. The van der Waals surface area contributed by atoms with Gasteiger partial charge in [0.05, 0.1) is 17.9 Å². The molecule has 4 saturated heterocycles. The van der Waals surface area contributed by atoms with Gasteiger partial charge in [0.2, 0.25) is 17.8 Å². The molecule has 64 heavy (non-hydrogen) atoms. The molecule has 5 aromatic rings. The van der Waals surface area contributed by atoms with Gasteiger partial charge in [-0.25, -0.2) is 23.7 Å². The Morgan fingerprint density at radius 1 is 0.953 bits per heavy atom. The molecule has 330 valence electrons. The second-order valence-corrected chi connectivity index (χ2v) is 18.4. The molecule has 8 heterocycles. The Balaban J connectivity index is 0.700. The molecule has 3 aromatic heterocycles. The molecular formula is C47H50FN11O5. The van der Waals surface area contributed by atoms with Gasteiger partial charge in [-0.2, -0.15) is 4.98 Å². The summed E-state index contributed by atoms with van der Waals surface area (Å²) in [6, 6.07) is 14.5. The highest BCUT2D eigenvalue weighted by molar-refractivity contribution is 6.05. The Hall–Kier alpha value is -6.46. The zero-order valence-corrected chi connectivity index (χ0v) is 35.7. The average molecular weight is 868 g/mol. The van der Waals surface area contributed by atoms with Crippen LogP contribution in [0.15, 0.2) is 72.2 Å². The molecule has 0 radical (unpaired) electrons. The highest BCUT2D eigenvalue weighted by Gasteiger charge is 2.44. The molecule has 0 bridgehead atoms. The highest BCUT2D eigenvalue weighted by atomic mass is 19.1. The lowest BCUT2D eigenvalue weighted by Crippen LogP contribution is -2.52. The molecule has 5 aliphatic heterocycles. The number of likely N-dealkylation sites (tertiary alicyclic amines) is 1. The van der Waals surface area contributed by atoms with Crippen LogP contribution >= 0.6 is 0 Å². The van der Waals surface area contributed by atoms with Crippen molar-refractivity contribution in [1.29, 1.82) is 0 Å². The first-order valence-corrected chi connectivity index (χ1v) is 22.4. The van der Waals surface area contributed by atoms with Crippen LogP contribution in [0.4, 0.5) is 27.4 Å². The summed E-state index contributed by atoms with van der Waals surface area (Å²) in [5.74, 6) is 0.781. The van der Waals surface area contributed by atoms with Gasteiger partial charge in [-0.15, -0.1) is 6.58 Å². The van der Waals surface area contributed by atoms with Crippen LogP contribution in [0, 0.1) is 23.6 Å². The van der Waals surface area contributed by atoms with Crippen LogP contribution in [-0.2, 0) is 34.7 Å². The number of pyridine rings is 1. The number of carbonyl (C=O) groups is 3. The molecule has 2 aromatic carbocycles. The lowest BCUT2D eigenvalue weighted by atomic mass is 9.97. The van der Waals surface area contributed by atoms with E-state index in [0.717, 1.165) is 69.2 Å². The zero-order valence-electron chi connectivity index (χ0n) is 35.7. The molecule has 4 fully saturated rings. The van der Waals surface area contributed by atoms with Crippen molar-refractivity contribution in [2.24, 2.45) is 17.8 Å². The summed E-state index contributed by atoms with van der Waals surface area (Å²) in [4.78, 5) is 73.5. The minimum absolute atomic E-state index is 0.176. The van der Waals surface area contributed by atoms with Crippen LogP contribution < -0.4 is 26.0 Å². The second kappa shape index (κ2) is 15.4. The Bertz CT molecular complexity index is 2810. The van der Waals surface area contributed by atoms with Crippen LogP contribution in [0.2, 0.25) is 0 Å². The molecule has 17 heteroatoms. The Kier molecular flexibility index (Phi) is 9.68. The normalized spacial score (nSPS) is 24.3. The van der Waals surface area contributed by atoms with E-state index in [1.54, 1.807) is 23.0 Å². The van der Waals surface area contributed by atoms with Crippen molar-refractivity contribution in [3.8, 4) is 5.82 Å². The van der Waals surface area contributed by atoms with E-state index < -0.39 is 23.4 Å². The predicted octanol–water partition coefficient (Wildman–Crippen LogP) is 3.86. The summed E-state index contributed by atoms with van der Waals surface area (Å²) in [5, 5.41) is 17.3. The minimum Gasteiger partial charge on any atom is -0.384 e. The lowest BCUT2D eigenvalue weighted by Gasteiger charge is -2.43. The maximum absolute atomic E-state index is 15.4. The third-order valence-corrected chi connectivity index (χ3v) is 14.4. The fourth-order valence-electron chi connectivity index (χ4n) is 11.0. The number of aliphatic hydroxyl groups is 1. The van der Waals surface area contributed by atoms with Crippen molar-refractivity contribution in [3.05, 3.63) is 106 Å². The number of piperidine rings is 1. The number of halogens is 1. The van der Waals surface area contributed by atoms with E-state index in [1.807, 2.05) is 36.1 Å². The van der Waals surface area contributed by atoms with Crippen LogP contribution in [0.1, 0.15) is 59.8 Å². The van der Waals surface area contributed by atoms with Crippen LogP contribution in [0.5, 0.6) is 0 Å². The summed E-state index contributed by atoms with van der Waals surface area (Å²) >= 11 is 0. The minimum atomic E-state index is -1.00. The van der Waals surface area contributed by atoms with Gasteiger partial charge < -0.3 is 30.0 Å². The molecule has 1 aliphatic carbocycles. The predicted molar refractivity (Wildman–Crippen MR) is 237 cm³/mol. The van der Waals surface area contributed by atoms with Gasteiger partial charge in [0.1, 0.15) is 22.8 Å². The molecule has 0 spiro atoms. The Labute approximate surface area is 368 Å². The summed E-state index contributed by atoms with van der Waals surface area (Å²) in [7, 11) is 0. The number of hydrogen-bond donors (Lipinski definition) is 3. The van der Waals surface area contributed by atoms with E-state index in [2.05, 4.69) is 44.1 Å². The van der Waals surface area contributed by atoms with E-state index in [-0.39, 0.29) is 43.3 Å². The first kappa shape index (κ1) is 40.3. The molecule has 6 aliphatic rings. The summed E-state index contributed by atoms with van der Waals surface area (Å²) < 4.78 is 18.6. The van der Waals surface area contributed by atoms with Gasteiger partial charge in [0.25, 0.3) is 11.5 Å². The number of amides is 3. The second-order valence-electron chi connectivity index (χ2n) is 18.4. The smallest absolute Gasteiger partial charge is 0.278 e. The molecule has 11 rings (SSSR count). The molecule has 0 saturated carbocycles. The largest absolute Gasteiger partial charge is 0.384 e. The third-order valence-electron chi connectivity index (χ3n) is 14.4. The molecule has 4 atom stereocenters. The Morgan fingerprint density at radius 3 is 2.47 bits per heavy atom. The number of aromatic nitrogens is 5. The van der Waals surface area contributed by atoms with Crippen molar-refractivity contribution >= 4 is 51.8 Å². The standard InChI is InChI=1S/C47H50FN11O5/c1-3-15-58-45(63)35-18-49-46(53-42(35)59(58)39-11-5-28-13-14-47(64,4-2)41(28)51-39)50-32-6-8-33(9-7-32)55-24-30-22-54(23-31(30)25-55)19-27-20-56(21-27)38-16-29-26-57(44(62)34(29)17-36(38)48)37-10-12-40(60)52-43(37)61/h3,5-9,11,16-18,27,30-31,37,64H,1,4,10,12-15,19-26H2,2H3,(H,49,50,53)(H,52,60,61)/t30?,31?,37?,47-/m1/s1. The van der Waals surface area contributed by atoms with E-state index >= 15 is 4.39 Å². The number of imide groups is 1. The van der Waals surface area contributed by atoms with Gasteiger partial charge in [0, 0.05) is 87.8 Å². The maximum Gasteiger partial charge on any atom is 0.278 e. The van der Waals surface area contributed by atoms with Gasteiger partial charge >= 0.3 is 0 Å². The average Bonchev–Trinajstić information content (AvgIpc) is 4.07. The zero-order chi connectivity index (χ0) is 44.0. The summed E-state index contributed by atoms with van der Waals surface area (Å²) in [6.07, 6.45) is 5.56. The van der Waals surface area contributed by atoms with Gasteiger partial charge in [-0.05, 0) is 91.1 Å². The summed E-state index contributed by atoms with van der Waals surface area (Å²) in [5.41, 5.74) is 4.28. The van der Waals surface area contributed by atoms with E-state index in [4.69, 9.17) is 9.97 Å². The highest BCUT2D eigenvalue weighted by Crippen LogP contribution is 2.40. The van der Waals surface area contributed by atoms with Crippen molar-refractivity contribution in [3.63, 3.8) is 0 Å². The number of anilines is 4. The molecule has 16 nitrogen and oxygen atoms in total. The first-order valence-electron chi connectivity index (χ1n) is 22.4. The van der Waals surface area contributed by atoms with E-state index in [0.29, 0.717) is 75.9 Å². The third kappa shape index (κ3) is 6.74. The lowest BCUT2D eigenvalue weighted by molar-refractivity contribution is -0.136. The SMILES string of the molecule is C=CCn1c(=O)c2cnc(Nc3ccc(N4CC5CN(CC6CN(c7cc8c(cc7F)C(=O)N(C7CCC(=O)NC7=O)C8)C6)CC5C4)cc3)nc2n1-c1ccc2c(n1)[C@@](O)(CC)CC2. The van der Waals surface area contributed by atoms with Gasteiger partial charge in [-0.3, -0.25) is 24.5 Å². The summed E-state index contributed by atoms with van der Waals surface area (Å²) in [6.45, 7) is 12.8. The topological polar surface area (TPSA) is 174 Å². The van der Waals surface area contributed by atoms with Crippen molar-refractivity contribution < 1.29 is 23.9 Å². The molecule has 3 amide bonds. The quantitative estimate of drug-likeness (QED) is 0.130. The fourth-order valence-corrected chi connectivity index (χ4v) is 11.0. The number of hydrogen-bond acceptors (Lipinski definition) is 12. The van der Waals surface area contributed by atoms with Crippen molar-refractivity contribution in [2.75, 3.05) is 60.9 Å². The number of nitrogens with one attached hydrogen (secondary N) is 2. The number of aryl methyl sites for hydroxylation is 1. The van der Waals surface area contributed by atoms with Crippen LogP contribution in [-0.4, -0.2) is 109 Å². The monoisotopic (exact) mass is 867 g/mol. The molecule has 3 unspecified atom stereocenters. The van der Waals surface area contributed by atoms with Gasteiger partial charge in [-0.1, -0.05) is 19.1 Å². The van der Waals surface area contributed by atoms with Crippen molar-refractivity contribution in [1.82, 2.24) is 39.4 Å². The fraction of sp³-hybridized carbons (Fsp3) is 0.426. The number of carbonyl (C=O) groups excluding carboxylic acids is 3. The van der Waals surface area contributed by atoms with E-state index in [9.17, 15) is 24.3 Å². The van der Waals surface area contributed by atoms with Crippen LogP contribution in [0.25, 0.3) is 16.9 Å². The number of allylic oxidation sites excluding steroid dienone is 1. The van der Waals surface area contributed by atoms with Gasteiger partial charge in [0.15, 0.2) is 11.5 Å². The van der Waals surface area contributed by atoms with Crippen molar-refractivity contribution in [2.45, 2.75) is 63.8 Å². The van der Waals surface area contributed by atoms with E-state index in [1.165, 1.54) is 15.6 Å². The molecular weight excluding hydrogens is 818 g/mol. The number of nitrogens with zero attached hydrogens (tertiary/aromatic N) is 9. The molecule has 3 N–H and O–H groups in total. The van der Waals surface area contributed by atoms with Crippen LogP contribution in [0.3, 0.4) is 0 Å². The number of fused-ring (bicyclic) bond motifs is 4. The first-order chi connectivity index (χ1) is 31.0. The number of rotatable bonds is 11. The Morgan fingerprint density at radius 2 is 1.73 bits per heavy atom.